The van der Waals surface area contributed by atoms with Crippen molar-refractivity contribution in [2.45, 2.75) is 13.3 Å². The number of H-pyrrole nitrogens is 1. The zero-order valence-corrected chi connectivity index (χ0v) is 16.5. The van der Waals surface area contributed by atoms with Crippen molar-refractivity contribution in [3.05, 3.63) is 80.9 Å². The van der Waals surface area contributed by atoms with Gasteiger partial charge in [0, 0.05) is 49.4 Å². The number of nitrogens with one attached hydrogen (secondary N) is 1. The van der Waals surface area contributed by atoms with Gasteiger partial charge in [-0.15, -0.1) is 0 Å². The summed E-state index contributed by atoms with van der Waals surface area (Å²) in [6.45, 7) is 5.15. The molecule has 1 aromatic carbocycles. The van der Waals surface area contributed by atoms with E-state index in [0.717, 1.165) is 43.3 Å². The molecular weight excluding hydrogens is 374 g/mol. The smallest absolute Gasteiger partial charge is 0.256 e. The number of nitrogens with zero attached hydrogens (tertiary/aromatic N) is 4. The average molecular weight is 396 g/mol. The predicted octanol–water partition coefficient (Wildman–Crippen LogP) is 3.04. The summed E-state index contributed by atoms with van der Waals surface area (Å²) in [5.74, 6) is 1.63. The van der Waals surface area contributed by atoms with Crippen LogP contribution in [0.25, 0.3) is 0 Å². The largest absolute Gasteiger partial charge is 0.353 e. The third-order valence-electron chi connectivity index (χ3n) is 5.06. The molecule has 3 heterocycles. The Morgan fingerprint density at radius 2 is 1.75 bits per heavy atom. The number of hydrogen-bond donors (Lipinski definition) is 1. The number of aryl methyl sites for hydroxylation is 1. The molecule has 1 fully saturated rings. The lowest BCUT2D eigenvalue weighted by Gasteiger charge is -2.35. The van der Waals surface area contributed by atoms with E-state index in [-0.39, 0.29) is 5.56 Å². The summed E-state index contributed by atoms with van der Waals surface area (Å²) in [6, 6.07) is 13.5. The van der Waals surface area contributed by atoms with Crippen molar-refractivity contribution in [2.24, 2.45) is 0 Å². The van der Waals surface area contributed by atoms with Gasteiger partial charge in [0.2, 0.25) is 5.95 Å². The lowest BCUT2D eigenvalue weighted by atomic mass is 10.1. The second-order valence-corrected chi connectivity index (χ2v) is 7.36. The molecule has 0 spiro atoms. The Hall–Kier alpha value is -2.86. The maximum absolute atomic E-state index is 12.7. The molecule has 4 rings (SSSR count). The van der Waals surface area contributed by atoms with Crippen molar-refractivity contribution in [2.75, 3.05) is 36.0 Å². The van der Waals surface area contributed by atoms with Gasteiger partial charge in [0.25, 0.3) is 5.56 Å². The Bertz CT molecular complexity index is 996. The Morgan fingerprint density at radius 1 is 1.04 bits per heavy atom. The van der Waals surface area contributed by atoms with Gasteiger partial charge in [-0.3, -0.25) is 9.78 Å². The van der Waals surface area contributed by atoms with Crippen LogP contribution in [-0.4, -0.2) is 41.1 Å². The number of rotatable bonds is 4. The van der Waals surface area contributed by atoms with E-state index in [1.165, 1.54) is 0 Å². The van der Waals surface area contributed by atoms with Crippen molar-refractivity contribution in [1.29, 1.82) is 0 Å². The van der Waals surface area contributed by atoms with Gasteiger partial charge in [0.1, 0.15) is 5.82 Å². The lowest BCUT2D eigenvalue weighted by Crippen LogP contribution is -2.48. The monoisotopic (exact) mass is 395 g/mol. The van der Waals surface area contributed by atoms with Crippen molar-refractivity contribution < 1.29 is 0 Å². The first kappa shape index (κ1) is 18.5. The van der Waals surface area contributed by atoms with Gasteiger partial charge in [-0.25, -0.2) is 9.97 Å². The molecule has 6 nitrogen and oxygen atoms in total. The molecular formula is C21H22ClN5O. The summed E-state index contributed by atoms with van der Waals surface area (Å²) < 4.78 is 0. The molecule has 2 aromatic heterocycles. The van der Waals surface area contributed by atoms with Gasteiger partial charge in [0.05, 0.1) is 5.69 Å². The summed E-state index contributed by atoms with van der Waals surface area (Å²) in [7, 11) is 0. The van der Waals surface area contributed by atoms with Crippen LogP contribution in [0.1, 0.15) is 16.8 Å². The summed E-state index contributed by atoms with van der Waals surface area (Å²) in [6.07, 6.45) is 2.35. The van der Waals surface area contributed by atoms with Crippen molar-refractivity contribution in [3.63, 3.8) is 0 Å². The molecule has 1 N–H and O–H groups in total. The standard InChI is InChI=1S/C21H22ClN5O/c1-15-18(14-16-5-7-17(22)8-6-16)20(28)25-21(24-15)27-12-10-26(11-13-27)19-4-2-3-9-23-19/h2-9H,10-14H2,1H3,(H,24,25,28). The Balaban J connectivity index is 1.48. The van der Waals surface area contributed by atoms with Crippen LogP contribution in [0.2, 0.25) is 5.02 Å². The Kier molecular flexibility index (Phi) is 5.30. The third-order valence-corrected chi connectivity index (χ3v) is 5.31. The van der Waals surface area contributed by atoms with Crippen LogP contribution in [0.5, 0.6) is 0 Å². The molecule has 1 aliphatic rings. The normalized spacial score (nSPS) is 14.4. The van der Waals surface area contributed by atoms with Crippen LogP contribution in [0.4, 0.5) is 11.8 Å². The highest BCUT2D eigenvalue weighted by Crippen LogP contribution is 2.17. The molecule has 0 radical (unpaired) electrons. The number of pyridine rings is 1. The number of hydrogen-bond acceptors (Lipinski definition) is 5. The van der Waals surface area contributed by atoms with Crippen LogP contribution in [0.15, 0.2) is 53.5 Å². The highest BCUT2D eigenvalue weighted by atomic mass is 35.5. The van der Waals surface area contributed by atoms with Crippen LogP contribution in [0, 0.1) is 6.92 Å². The zero-order valence-electron chi connectivity index (χ0n) is 15.7. The van der Waals surface area contributed by atoms with E-state index in [1.54, 1.807) is 0 Å². The predicted molar refractivity (Wildman–Crippen MR) is 113 cm³/mol. The van der Waals surface area contributed by atoms with Crippen molar-refractivity contribution in [3.8, 4) is 0 Å². The van der Waals surface area contributed by atoms with Gasteiger partial charge in [-0.1, -0.05) is 29.8 Å². The van der Waals surface area contributed by atoms with E-state index in [2.05, 4.69) is 24.8 Å². The fourth-order valence-electron chi connectivity index (χ4n) is 3.45. The van der Waals surface area contributed by atoms with Gasteiger partial charge in [-0.2, -0.15) is 0 Å². The van der Waals surface area contributed by atoms with E-state index in [0.29, 0.717) is 23.0 Å². The average Bonchev–Trinajstić information content (AvgIpc) is 2.73. The number of aromatic amines is 1. The van der Waals surface area contributed by atoms with E-state index >= 15 is 0 Å². The molecule has 144 valence electrons. The number of aromatic nitrogens is 3. The van der Waals surface area contributed by atoms with Crippen molar-refractivity contribution in [1.82, 2.24) is 15.0 Å². The van der Waals surface area contributed by atoms with Crippen LogP contribution in [-0.2, 0) is 6.42 Å². The Morgan fingerprint density at radius 3 is 2.39 bits per heavy atom. The Labute approximate surface area is 168 Å². The van der Waals surface area contributed by atoms with Gasteiger partial charge >= 0.3 is 0 Å². The maximum atomic E-state index is 12.7. The maximum Gasteiger partial charge on any atom is 0.256 e. The molecule has 1 saturated heterocycles. The minimum atomic E-state index is -0.0791. The molecule has 0 aliphatic carbocycles. The second-order valence-electron chi connectivity index (χ2n) is 6.92. The molecule has 0 saturated carbocycles. The van der Waals surface area contributed by atoms with Crippen LogP contribution < -0.4 is 15.4 Å². The van der Waals surface area contributed by atoms with E-state index < -0.39 is 0 Å². The first-order valence-electron chi connectivity index (χ1n) is 9.35. The molecule has 3 aromatic rings. The number of anilines is 2. The SMILES string of the molecule is Cc1nc(N2CCN(c3ccccn3)CC2)[nH]c(=O)c1Cc1ccc(Cl)cc1. The second kappa shape index (κ2) is 8.02. The molecule has 0 bridgehead atoms. The summed E-state index contributed by atoms with van der Waals surface area (Å²) in [5.41, 5.74) is 2.42. The van der Waals surface area contributed by atoms with Crippen LogP contribution >= 0.6 is 11.6 Å². The summed E-state index contributed by atoms with van der Waals surface area (Å²) in [5, 5.41) is 0.688. The number of piperazine rings is 1. The third kappa shape index (κ3) is 4.02. The van der Waals surface area contributed by atoms with Crippen molar-refractivity contribution >= 4 is 23.4 Å². The number of benzene rings is 1. The summed E-state index contributed by atoms with van der Waals surface area (Å²) >= 11 is 5.94. The molecule has 28 heavy (non-hydrogen) atoms. The summed E-state index contributed by atoms with van der Waals surface area (Å²) in [4.78, 5) is 29.1. The number of halogens is 1. The molecule has 0 amide bonds. The fraction of sp³-hybridized carbons (Fsp3) is 0.286. The minimum absolute atomic E-state index is 0.0791. The molecule has 0 unspecified atom stereocenters. The van der Waals surface area contributed by atoms with Crippen LogP contribution in [0.3, 0.4) is 0 Å². The first-order valence-corrected chi connectivity index (χ1v) is 9.73. The van der Waals surface area contributed by atoms with Gasteiger partial charge in [-0.05, 0) is 36.8 Å². The first-order chi connectivity index (χ1) is 13.6. The molecule has 7 heteroatoms. The van der Waals surface area contributed by atoms with E-state index in [4.69, 9.17) is 11.6 Å². The van der Waals surface area contributed by atoms with Gasteiger partial charge in [0.15, 0.2) is 0 Å². The quantitative estimate of drug-likeness (QED) is 0.735. The van der Waals surface area contributed by atoms with E-state index in [9.17, 15) is 4.79 Å². The zero-order chi connectivity index (χ0) is 19.5. The molecule has 0 atom stereocenters. The highest BCUT2D eigenvalue weighted by Gasteiger charge is 2.20. The van der Waals surface area contributed by atoms with E-state index in [1.807, 2.05) is 55.6 Å². The minimum Gasteiger partial charge on any atom is -0.353 e. The highest BCUT2D eigenvalue weighted by molar-refractivity contribution is 6.30. The fourth-order valence-corrected chi connectivity index (χ4v) is 3.57. The lowest BCUT2D eigenvalue weighted by molar-refractivity contribution is 0.632. The van der Waals surface area contributed by atoms with Gasteiger partial charge < -0.3 is 9.80 Å². The molecule has 1 aliphatic heterocycles. The topological polar surface area (TPSA) is 65.1 Å².